The zero-order valence-corrected chi connectivity index (χ0v) is 9.78. The predicted octanol–water partition coefficient (Wildman–Crippen LogP) is 1.42. The molecule has 5 heteroatoms. The molecule has 1 aromatic rings. The highest BCUT2D eigenvalue weighted by Gasteiger charge is 1.98. The molecule has 0 atom stereocenters. The first-order chi connectivity index (χ1) is 7.86. The van der Waals surface area contributed by atoms with Crippen LogP contribution in [0.25, 0.3) is 0 Å². The van der Waals surface area contributed by atoms with E-state index in [0.29, 0.717) is 12.5 Å². The highest BCUT2D eigenvalue weighted by Crippen LogP contribution is 2.09. The molecule has 0 aliphatic rings. The van der Waals surface area contributed by atoms with E-state index in [9.17, 15) is 0 Å². The fourth-order valence-corrected chi connectivity index (χ4v) is 1.20. The van der Waals surface area contributed by atoms with Crippen LogP contribution in [0.2, 0.25) is 0 Å². The summed E-state index contributed by atoms with van der Waals surface area (Å²) in [4.78, 5) is 8.34. The van der Waals surface area contributed by atoms with Gasteiger partial charge in [-0.15, -0.1) is 0 Å². The van der Waals surface area contributed by atoms with Gasteiger partial charge < -0.3 is 15.8 Å². The number of nitrogens with zero attached hydrogens (tertiary/aromatic N) is 2. The lowest BCUT2D eigenvalue weighted by atomic mass is 10.3. The second kappa shape index (κ2) is 7.87. The summed E-state index contributed by atoms with van der Waals surface area (Å²) in [5.74, 6) is 1.33. The summed E-state index contributed by atoms with van der Waals surface area (Å²) in [7, 11) is 0. The maximum absolute atomic E-state index is 5.41. The van der Waals surface area contributed by atoms with Crippen molar-refractivity contribution in [2.24, 2.45) is 5.73 Å². The Labute approximate surface area is 96.4 Å². The second-order valence-corrected chi connectivity index (χ2v) is 3.51. The van der Waals surface area contributed by atoms with E-state index >= 15 is 0 Å². The second-order valence-electron chi connectivity index (χ2n) is 3.51. The molecular formula is C11H20N4O. The first-order valence-electron chi connectivity index (χ1n) is 5.75. The Hall–Kier alpha value is -1.36. The van der Waals surface area contributed by atoms with Crippen molar-refractivity contribution in [1.29, 1.82) is 0 Å². The lowest BCUT2D eigenvalue weighted by Crippen LogP contribution is -2.07. The van der Waals surface area contributed by atoms with Crippen LogP contribution in [0.1, 0.15) is 26.2 Å². The third-order valence-electron chi connectivity index (χ3n) is 2.00. The zero-order chi connectivity index (χ0) is 11.6. The summed E-state index contributed by atoms with van der Waals surface area (Å²) in [5, 5.41) is 3.19. The molecular weight excluding hydrogens is 204 g/mol. The van der Waals surface area contributed by atoms with Crippen LogP contribution in [0, 0.1) is 0 Å². The number of hydrogen-bond acceptors (Lipinski definition) is 5. The van der Waals surface area contributed by atoms with Crippen LogP contribution < -0.4 is 15.8 Å². The number of anilines is 1. The Kier molecular flexibility index (Phi) is 6.25. The smallest absolute Gasteiger partial charge is 0.234 e. The molecule has 0 saturated carbocycles. The van der Waals surface area contributed by atoms with Crippen molar-refractivity contribution in [1.82, 2.24) is 9.97 Å². The molecule has 0 radical (unpaired) electrons. The summed E-state index contributed by atoms with van der Waals surface area (Å²) < 4.78 is 5.39. The van der Waals surface area contributed by atoms with Crippen LogP contribution in [-0.2, 0) is 0 Å². The summed E-state index contributed by atoms with van der Waals surface area (Å²) in [6.07, 6.45) is 6.35. The number of unbranched alkanes of at least 4 members (excludes halogenated alkanes) is 1. The molecule has 16 heavy (non-hydrogen) atoms. The standard InChI is InChI=1S/C11H20N4O/c1-2-7-16-11-9-13-8-10(15-11)14-6-4-3-5-12/h8-9H,2-7,12H2,1H3,(H,14,15). The van der Waals surface area contributed by atoms with Gasteiger partial charge in [0.2, 0.25) is 5.88 Å². The van der Waals surface area contributed by atoms with Crippen molar-refractivity contribution < 1.29 is 4.74 Å². The molecule has 5 nitrogen and oxygen atoms in total. The first kappa shape index (κ1) is 12.7. The van der Waals surface area contributed by atoms with Gasteiger partial charge in [-0.05, 0) is 25.8 Å². The SMILES string of the molecule is CCCOc1cncc(NCCCCN)n1. The molecule has 0 amide bonds. The fourth-order valence-electron chi connectivity index (χ4n) is 1.20. The summed E-state index contributed by atoms with van der Waals surface area (Å²) in [6.45, 7) is 4.32. The molecule has 0 spiro atoms. The van der Waals surface area contributed by atoms with E-state index in [-0.39, 0.29) is 0 Å². The highest BCUT2D eigenvalue weighted by atomic mass is 16.5. The van der Waals surface area contributed by atoms with Crippen molar-refractivity contribution in [2.45, 2.75) is 26.2 Å². The average Bonchev–Trinajstić information content (AvgIpc) is 2.33. The fraction of sp³-hybridized carbons (Fsp3) is 0.636. The molecule has 1 rings (SSSR count). The topological polar surface area (TPSA) is 73.1 Å². The van der Waals surface area contributed by atoms with Crippen molar-refractivity contribution >= 4 is 5.82 Å². The van der Waals surface area contributed by atoms with Crippen LogP contribution in [-0.4, -0.2) is 29.7 Å². The summed E-state index contributed by atoms with van der Waals surface area (Å²) >= 11 is 0. The number of hydrogen-bond donors (Lipinski definition) is 2. The number of ether oxygens (including phenoxy) is 1. The van der Waals surface area contributed by atoms with Crippen LogP contribution in [0.5, 0.6) is 5.88 Å². The molecule has 0 aliphatic carbocycles. The summed E-state index contributed by atoms with van der Waals surface area (Å²) in [6, 6.07) is 0. The molecule has 0 aromatic carbocycles. The minimum absolute atomic E-state index is 0.575. The van der Waals surface area contributed by atoms with Gasteiger partial charge in [0.15, 0.2) is 0 Å². The Balaban J connectivity index is 2.35. The van der Waals surface area contributed by atoms with Gasteiger partial charge in [0.1, 0.15) is 5.82 Å². The Morgan fingerprint density at radius 3 is 3.00 bits per heavy atom. The molecule has 0 saturated heterocycles. The van der Waals surface area contributed by atoms with E-state index in [1.165, 1.54) is 0 Å². The van der Waals surface area contributed by atoms with Gasteiger partial charge in [-0.2, -0.15) is 4.98 Å². The average molecular weight is 224 g/mol. The Bertz CT molecular complexity index is 293. The van der Waals surface area contributed by atoms with Gasteiger partial charge in [-0.3, -0.25) is 4.98 Å². The van der Waals surface area contributed by atoms with Crippen molar-refractivity contribution in [3.63, 3.8) is 0 Å². The first-order valence-corrected chi connectivity index (χ1v) is 5.75. The van der Waals surface area contributed by atoms with Gasteiger partial charge in [0.05, 0.1) is 19.0 Å². The van der Waals surface area contributed by atoms with Gasteiger partial charge in [0, 0.05) is 6.54 Å². The maximum Gasteiger partial charge on any atom is 0.234 e. The number of aromatic nitrogens is 2. The van der Waals surface area contributed by atoms with E-state index in [1.807, 2.05) is 0 Å². The quantitative estimate of drug-likeness (QED) is 0.653. The molecule has 0 unspecified atom stereocenters. The van der Waals surface area contributed by atoms with E-state index in [0.717, 1.165) is 38.2 Å². The summed E-state index contributed by atoms with van der Waals surface area (Å²) in [5.41, 5.74) is 5.41. The largest absolute Gasteiger partial charge is 0.477 e. The number of nitrogens with two attached hydrogens (primary N) is 1. The van der Waals surface area contributed by atoms with Gasteiger partial charge in [-0.25, -0.2) is 0 Å². The van der Waals surface area contributed by atoms with Crippen LogP contribution in [0.3, 0.4) is 0 Å². The van der Waals surface area contributed by atoms with Crippen molar-refractivity contribution in [2.75, 3.05) is 25.0 Å². The van der Waals surface area contributed by atoms with Crippen molar-refractivity contribution in [3.8, 4) is 5.88 Å². The van der Waals surface area contributed by atoms with Crippen LogP contribution in [0.15, 0.2) is 12.4 Å². The van der Waals surface area contributed by atoms with Crippen molar-refractivity contribution in [3.05, 3.63) is 12.4 Å². The van der Waals surface area contributed by atoms with E-state index in [2.05, 4.69) is 22.2 Å². The van der Waals surface area contributed by atoms with Gasteiger partial charge in [0.25, 0.3) is 0 Å². The molecule has 1 heterocycles. The van der Waals surface area contributed by atoms with E-state index in [1.54, 1.807) is 12.4 Å². The normalized spacial score (nSPS) is 10.1. The van der Waals surface area contributed by atoms with Crippen LogP contribution in [0.4, 0.5) is 5.82 Å². The van der Waals surface area contributed by atoms with E-state index in [4.69, 9.17) is 10.5 Å². The molecule has 90 valence electrons. The molecule has 0 aliphatic heterocycles. The highest BCUT2D eigenvalue weighted by molar-refractivity contribution is 5.32. The minimum atomic E-state index is 0.575. The number of rotatable bonds is 8. The maximum atomic E-state index is 5.41. The Morgan fingerprint density at radius 2 is 2.25 bits per heavy atom. The number of nitrogens with one attached hydrogen (secondary N) is 1. The molecule has 0 bridgehead atoms. The molecule has 0 fully saturated rings. The third-order valence-corrected chi connectivity index (χ3v) is 2.00. The molecule has 3 N–H and O–H groups in total. The predicted molar refractivity (Wildman–Crippen MR) is 64.6 cm³/mol. The lowest BCUT2D eigenvalue weighted by Gasteiger charge is -2.07. The van der Waals surface area contributed by atoms with Gasteiger partial charge >= 0.3 is 0 Å². The molecule has 1 aromatic heterocycles. The lowest BCUT2D eigenvalue weighted by molar-refractivity contribution is 0.304. The third kappa shape index (κ3) is 4.93. The van der Waals surface area contributed by atoms with E-state index < -0.39 is 0 Å². The Morgan fingerprint density at radius 1 is 1.38 bits per heavy atom. The minimum Gasteiger partial charge on any atom is -0.477 e. The van der Waals surface area contributed by atoms with Gasteiger partial charge in [-0.1, -0.05) is 6.92 Å². The monoisotopic (exact) mass is 224 g/mol. The zero-order valence-electron chi connectivity index (χ0n) is 9.78. The van der Waals surface area contributed by atoms with Crippen LogP contribution >= 0.6 is 0 Å².